The van der Waals surface area contributed by atoms with Crippen molar-refractivity contribution in [3.05, 3.63) is 38.3 Å². The number of nitro groups is 1. The summed E-state index contributed by atoms with van der Waals surface area (Å²) < 4.78 is 0.873. The Labute approximate surface area is 134 Å². The minimum absolute atomic E-state index is 0.181. The monoisotopic (exact) mass is 355 g/mol. The maximum absolute atomic E-state index is 11.0. The Hall–Kier alpha value is -0.980. The van der Waals surface area contributed by atoms with Crippen molar-refractivity contribution in [2.75, 3.05) is 26.2 Å². The minimum Gasteiger partial charge on any atom is -0.311 e. The summed E-state index contributed by atoms with van der Waals surface area (Å²) in [6, 6.07) is 5.08. The van der Waals surface area contributed by atoms with E-state index in [4.69, 9.17) is 0 Å². The fourth-order valence-corrected chi connectivity index (χ4v) is 3.10. The highest BCUT2D eigenvalue weighted by molar-refractivity contribution is 9.10. The third kappa shape index (κ3) is 5.37. The van der Waals surface area contributed by atoms with E-state index in [0.717, 1.165) is 23.1 Å². The second kappa shape index (κ2) is 8.46. The van der Waals surface area contributed by atoms with Gasteiger partial charge in [-0.05, 0) is 38.1 Å². The fourth-order valence-electron chi connectivity index (χ4n) is 2.69. The molecule has 0 radical (unpaired) electrons. The van der Waals surface area contributed by atoms with Gasteiger partial charge in [0, 0.05) is 35.7 Å². The van der Waals surface area contributed by atoms with Crippen LogP contribution in [0.5, 0.6) is 0 Å². The zero-order chi connectivity index (χ0) is 15.1. The number of rotatable bonds is 6. The molecule has 1 aromatic carbocycles. The van der Waals surface area contributed by atoms with E-state index in [-0.39, 0.29) is 10.6 Å². The van der Waals surface area contributed by atoms with Gasteiger partial charge in [-0.1, -0.05) is 28.8 Å². The number of hydrogen-bond donors (Lipinski definition) is 1. The molecule has 1 heterocycles. The largest absolute Gasteiger partial charge is 0.311 e. The standard InChI is InChI=1S/C15H22BrN3O2/c16-14-5-6-15(19(20)21)13(11-14)12-17-7-10-18-8-3-1-2-4-9-18/h5-6,11,17H,1-4,7-10,12H2. The van der Waals surface area contributed by atoms with Gasteiger partial charge < -0.3 is 10.2 Å². The normalized spacial score (nSPS) is 16.6. The summed E-state index contributed by atoms with van der Waals surface area (Å²) in [6.45, 7) is 4.77. The lowest BCUT2D eigenvalue weighted by atomic mass is 10.2. The highest BCUT2D eigenvalue weighted by atomic mass is 79.9. The quantitative estimate of drug-likeness (QED) is 0.483. The van der Waals surface area contributed by atoms with Gasteiger partial charge in [0.15, 0.2) is 0 Å². The van der Waals surface area contributed by atoms with Crippen LogP contribution in [0.3, 0.4) is 0 Å². The van der Waals surface area contributed by atoms with Crippen LogP contribution in [0.15, 0.2) is 22.7 Å². The van der Waals surface area contributed by atoms with Crippen molar-refractivity contribution >= 4 is 21.6 Å². The van der Waals surface area contributed by atoms with Gasteiger partial charge in [0.2, 0.25) is 0 Å². The summed E-state index contributed by atoms with van der Waals surface area (Å²) in [4.78, 5) is 13.2. The van der Waals surface area contributed by atoms with Gasteiger partial charge in [0.1, 0.15) is 0 Å². The minimum atomic E-state index is -0.321. The van der Waals surface area contributed by atoms with Crippen LogP contribution in [0.1, 0.15) is 31.2 Å². The number of benzene rings is 1. The molecular weight excluding hydrogens is 334 g/mol. The van der Waals surface area contributed by atoms with Crippen molar-refractivity contribution < 1.29 is 4.92 Å². The summed E-state index contributed by atoms with van der Waals surface area (Å²) >= 11 is 3.37. The Morgan fingerprint density at radius 3 is 2.62 bits per heavy atom. The van der Waals surface area contributed by atoms with E-state index in [0.29, 0.717) is 6.54 Å². The Balaban J connectivity index is 1.80. The van der Waals surface area contributed by atoms with E-state index >= 15 is 0 Å². The van der Waals surface area contributed by atoms with Crippen LogP contribution in [0.2, 0.25) is 0 Å². The molecule has 21 heavy (non-hydrogen) atoms. The van der Waals surface area contributed by atoms with Crippen molar-refractivity contribution in [3.63, 3.8) is 0 Å². The first-order valence-electron chi connectivity index (χ1n) is 7.53. The van der Waals surface area contributed by atoms with Gasteiger partial charge in [0.05, 0.1) is 4.92 Å². The lowest BCUT2D eigenvalue weighted by Crippen LogP contribution is -2.32. The lowest BCUT2D eigenvalue weighted by Gasteiger charge is -2.19. The Bertz CT molecular complexity index is 474. The van der Waals surface area contributed by atoms with Crippen LogP contribution in [-0.2, 0) is 6.54 Å². The third-order valence-electron chi connectivity index (χ3n) is 3.86. The van der Waals surface area contributed by atoms with Crippen molar-refractivity contribution in [1.29, 1.82) is 0 Å². The van der Waals surface area contributed by atoms with E-state index in [1.807, 2.05) is 6.07 Å². The maximum atomic E-state index is 11.0. The highest BCUT2D eigenvalue weighted by Crippen LogP contribution is 2.22. The molecule has 1 aliphatic heterocycles. The molecule has 1 saturated heterocycles. The molecular formula is C15H22BrN3O2. The molecule has 1 fully saturated rings. The molecule has 1 N–H and O–H groups in total. The second-order valence-corrected chi connectivity index (χ2v) is 6.38. The van der Waals surface area contributed by atoms with Crippen LogP contribution in [0.4, 0.5) is 5.69 Å². The second-order valence-electron chi connectivity index (χ2n) is 5.46. The number of nitro benzene ring substituents is 1. The SMILES string of the molecule is O=[N+]([O-])c1ccc(Br)cc1CNCCN1CCCCCC1. The van der Waals surface area contributed by atoms with Gasteiger partial charge in [-0.2, -0.15) is 0 Å². The molecule has 0 unspecified atom stereocenters. The highest BCUT2D eigenvalue weighted by Gasteiger charge is 2.13. The number of likely N-dealkylation sites (tertiary alicyclic amines) is 1. The molecule has 5 nitrogen and oxygen atoms in total. The van der Waals surface area contributed by atoms with Crippen molar-refractivity contribution in [1.82, 2.24) is 10.2 Å². The van der Waals surface area contributed by atoms with Crippen LogP contribution >= 0.6 is 15.9 Å². The molecule has 2 rings (SSSR count). The molecule has 0 atom stereocenters. The third-order valence-corrected chi connectivity index (χ3v) is 4.35. The first-order chi connectivity index (χ1) is 10.2. The molecule has 0 spiro atoms. The zero-order valence-electron chi connectivity index (χ0n) is 12.2. The summed E-state index contributed by atoms with van der Waals surface area (Å²) in [7, 11) is 0. The molecule has 1 aliphatic rings. The topological polar surface area (TPSA) is 58.4 Å². The first-order valence-corrected chi connectivity index (χ1v) is 8.32. The molecule has 0 aliphatic carbocycles. The van der Waals surface area contributed by atoms with Gasteiger partial charge in [-0.3, -0.25) is 10.1 Å². The van der Waals surface area contributed by atoms with E-state index in [1.54, 1.807) is 12.1 Å². The number of nitrogens with zero attached hydrogens (tertiary/aromatic N) is 2. The summed E-state index contributed by atoms with van der Waals surface area (Å²) in [5, 5.41) is 14.3. The molecule has 6 heteroatoms. The average molecular weight is 356 g/mol. The summed E-state index contributed by atoms with van der Waals surface area (Å²) in [6.07, 6.45) is 5.26. The van der Waals surface area contributed by atoms with E-state index in [1.165, 1.54) is 38.8 Å². The lowest BCUT2D eigenvalue weighted by molar-refractivity contribution is -0.385. The Morgan fingerprint density at radius 1 is 1.24 bits per heavy atom. The van der Waals surface area contributed by atoms with Crippen LogP contribution in [-0.4, -0.2) is 36.0 Å². The van der Waals surface area contributed by atoms with E-state index < -0.39 is 0 Å². The van der Waals surface area contributed by atoms with Crippen molar-refractivity contribution in [2.24, 2.45) is 0 Å². The molecule has 0 amide bonds. The number of halogens is 1. The fraction of sp³-hybridized carbons (Fsp3) is 0.600. The van der Waals surface area contributed by atoms with Gasteiger partial charge in [-0.15, -0.1) is 0 Å². The van der Waals surface area contributed by atoms with Crippen molar-refractivity contribution in [2.45, 2.75) is 32.2 Å². The summed E-state index contributed by atoms with van der Waals surface area (Å²) in [5.41, 5.74) is 0.908. The van der Waals surface area contributed by atoms with Gasteiger partial charge >= 0.3 is 0 Å². The molecule has 116 valence electrons. The van der Waals surface area contributed by atoms with Gasteiger partial charge in [-0.25, -0.2) is 0 Å². The average Bonchev–Trinajstić information content (AvgIpc) is 2.72. The number of nitrogens with one attached hydrogen (secondary N) is 1. The van der Waals surface area contributed by atoms with E-state index in [2.05, 4.69) is 26.1 Å². The predicted octanol–water partition coefficient (Wildman–Crippen LogP) is 3.32. The Morgan fingerprint density at radius 2 is 1.95 bits per heavy atom. The number of hydrogen-bond acceptors (Lipinski definition) is 4. The molecule has 0 saturated carbocycles. The smallest absolute Gasteiger partial charge is 0.273 e. The molecule has 1 aromatic rings. The van der Waals surface area contributed by atoms with E-state index in [9.17, 15) is 10.1 Å². The van der Waals surface area contributed by atoms with Crippen molar-refractivity contribution in [3.8, 4) is 0 Å². The molecule has 0 aromatic heterocycles. The van der Waals surface area contributed by atoms with Crippen LogP contribution in [0, 0.1) is 10.1 Å². The maximum Gasteiger partial charge on any atom is 0.273 e. The Kier molecular flexibility index (Phi) is 6.60. The summed E-state index contributed by atoms with van der Waals surface area (Å²) in [5.74, 6) is 0. The molecule has 0 bridgehead atoms. The predicted molar refractivity (Wildman–Crippen MR) is 87.4 cm³/mol. The first kappa shape index (κ1) is 16.4. The van der Waals surface area contributed by atoms with Gasteiger partial charge in [0.25, 0.3) is 5.69 Å². The zero-order valence-corrected chi connectivity index (χ0v) is 13.8. The van der Waals surface area contributed by atoms with Crippen LogP contribution < -0.4 is 5.32 Å². The van der Waals surface area contributed by atoms with Crippen LogP contribution in [0.25, 0.3) is 0 Å².